The quantitative estimate of drug-likeness (QED) is 0.359. The van der Waals surface area contributed by atoms with Gasteiger partial charge in [0.05, 0.1) is 11.6 Å². The van der Waals surface area contributed by atoms with Crippen molar-refractivity contribution in [3.05, 3.63) is 57.6 Å². The number of benzene rings is 1. The summed E-state index contributed by atoms with van der Waals surface area (Å²) < 4.78 is 0. The molecule has 3 aliphatic carbocycles. The highest BCUT2D eigenvalue weighted by atomic mass is 16.3. The van der Waals surface area contributed by atoms with Gasteiger partial charge in [-0.25, -0.2) is 0 Å². The van der Waals surface area contributed by atoms with E-state index in [1.165, 1.54) is 6.07 Å². The summed E-state index contributed by atoms with van der Waals surface area (Å²) >= 11 is 0. The molecule has 0 radical (unpaired) electrons. The summed E-state index contributed by atoms with van der Waals surface area (Å²) in [4.78, 5) is 43.3. The third-order valence-electron chi connectivity index (χ3n) is 8.92. The van der Waals surface area contributed by atoms with E-state index >= 15 is 0 Å². The zero-order valence-electron chi connectivity index (χ0n) is 22.6. The number of ketones is 2. The summed E-state index contributed by atoms with van der Waals surface area (Å²) in [5, 5.41) is 44.8. The van der Waals surface area contributed by atoms with Gasteiger partial charge in [0, 0.05) is 30.6 Å². The van der Waals surface area contributed by atoms with Gasteiger partial charge in [-0.2, -0.15) is 0 Å². The largest absolute Gasteiger partial charge is 0.510 e. The summed E-state index contributed by atoms with van der Waals surface area (Å²) in [6.07, 6.45) is 3.26. The van der Waals surface area contributed by atoms with Gasteiger partial charge in [0.25, 0.3) is 5.91 Å². The molecule has 0 unspecified atom stereocenters. The fourth-order valence-electron chi connectivity index (χ4n) is 6.95. The lowest BCUT2D eigenvalue weighted by Crippen LogP contribution is -2.63. The highest BCUT2D eigenvalue weighted by Gasteiger charge is 2.63. The number of nitrogens with two attached hydrogens (primary N) is 1. The van der Waals surface area contributed by atoms with E-state index in [0.717, 1.165) is 30.6 Å². The SMILES string of the molecule is CC(C)N1CC=C(c2ccc(O)c3c2C[C@H]2C[C@H]4[C@@H](N(C)C)C(O)=C(C(N)=O)C(=O)[C@@]4(O)C(O)=C2C3=O)CC1. The Morgan fingerprint density at radius 1 is 1.18 bits per heavy atom. The van der Waals surface area contributed by atoms with Crippen LogP contribution in [0, 0.1) is 11.8 Å². The fraction of sp³-hybridized carbons (Fsp3) is 0.483. The number of nitrogens with zero attached hydrogens (tertiary/aromatic N) is 2. The van der Waals surface area contributed by atoms with Gasteiger partial charge in [0.1, 0.15) is 22.8 Å². The Kier molecular flexibility index (Phi) is 6.48. The molecular formula is C29H35N3O7. The smallest absolute Gasteiger partial charge is 0.255 e. The number of aliphatic hydroxyl groups excluding tert-OH is 2. The van der Waals surface area contributed by atoms with Crippen LogP contribution in [0.5, 0.6) is 5.75 Å². The van der Waals surface area contributed by atoms with E-state index in [-0.39, 0.29) is 29.7 Å². The average Bonchev–Trinajstić information content (AvgIpc) is 2.86. The summed E-state index contributed by atoms with van der Waals surface area (Å²) in [5.41, 5.74) is 4.43. The number of carbonyl (C=O) groups excluding carboxylic acids is 3. The first-order valence-electron chi connectivity index (χ1n) is 13.2. The molecule has 4 aliphatic rings. The van der Waals surface area contributed by atoms with Crippen LogP contribution in [-0.2, 0) is 16.0 Å². The zero-order valence-corrected chi connectivity index (χ0v) is 22.6. The number of likely N-dealkylation sites (N-methyl/N-ethyl adjacent to an activating group) is 1. The molecule has 0 fully saturated rings. The standard InChI is InChI=1S/C29H35N3O7/c1-13(2)32-9-7-14(8-10-32)16-5-6-19(33)21-17(16)11-15-12-18-23(31(3)4)25(35)22(28(30)38)27(37)29(18,39)26(36)20(15)24(21)34/h5-7,13,15,18,23,33,35-36,39H,8-12H2,1-4H3,(H2,30,38)/t15-,18-,23+,29-/m0/s1. The lowest BCUT2D eigenvalue weighted by atomic mass is 9.58. The first kappa shape index (κ1) is 27.1. The molecular weight excluding hydrogens is 502 g/mol. The van der Waals surface area contributed by atoms with E-state index in [1.807, 2.05) is 6.07 Å². The molecule has 0 saturated carbocycles. The number of aromatic hydroxyl groups is 1. The number of phenolic OH excluding ortho intramolecular Hbond substituents is 1. The lowest BCUT2D eigenvalue weighted by molar-refractivity contribution is -0.148. The molecule has 10 nitrogen and oxygen atoms in total. The number of hydrogen-bond acceptors (Lipinski definition) is 9. The van der Waals surface area contributed by atoms with Gasteiger partial charge in [-0.15, -0.1) is 0 Å². The van der Waals surface area contributed by atoms with Gasteiger partial charge < -0.3 is 26.2 Å². The number of rotatable bonds is 4. The average molecular weight is 538 g/mol. The Hall–Kier alpha value is -3.47. The molecule has 5 rings (SSSR count). The molecule has 4 atom stereocenters. The van der Waals surface area contributed by atoms with Crippen LogP contribution in [0.1, 0.15) is 48.2 Å². The van der Waals surface area contributed by atoms with Crippen LogP contribution in [0.4, 0.5) is 0 Å². The minimum Gasteiger partial charge on any atom is -0.510 e. The van der Waals surface area contributed by atoms with E-state index < -0.39 is 58.0 Å². The minimum atomic E-state index is -2.63. The molecule has 1 aliphatic heterocycles. The summed E-state index contributed by atoms with van der Waals surface area (Å²) in [5.74, 6) is -6.45. The maximum absolute atomic E-state index is 13.9. The summed E-state index contributed by atoms with van der Waals surface area (Å²) in [7, 11) is 3.22. The van der Waals surface area contributed by atoms with Crippen LogP contribution < -0.4 is 5.73 Å². The molecule has 10 heteroatoms. The van der Waals surface area contributed by atoms with Crippen molar-refractivity contribution >= 4 is 23.0 Å². The topological polar surface area (TPSA) is 165 Å². The van der Waals surface area contributed by atoms with E-state index in [1.54, 1.807) is 19.0 Å². The predicted molar refractivity (Wildman–Crippen MR) is 143 cm³/mol. The maximum Gasteiger partial charge on any atom is 0.255 e. The molecule has 1 aromatic carbocycles. The van der Waals surface area contributed by atoms with E-state index in [2.05, 4.69) is 24.8 Å². The second-order valence-electron chi connectivity index (χ2n) is 11.5. The number of amides is 1. The number of carbonyl (C=O) groups is 3. The highest BCUT2D eigenvalue weighted by Crippen LogP contribution is 2.53. The first-order valence-corrected chi connectivity index (χ1v) is 13.2. The Balaban J connectivity index is 1.65. The number of phenols is 1. The number of allylic oxidation sites excluding steroid dienone is 1. The lowest BCUT2D eigenvalue weighted by Gasteiger charge is -2.50. The third kappa shape index (κ3) is 3.84. The molecule has 1 amide bonds. The van der Waals surface area contributed by atoms with Gasteiger partial charge in [-0.3, -0.25) is 24.2 Å². The van der Waals surface area contributed by atoms with E-state index in [4.69, 9.17) is 5.73 Å². The second kappa shape index (κ2) is 9.32. The van der Waals surface area contributed by atoms with Gasteiger partial charge in [-0.1, -0.05) is 12.1 Å². The molecule has 0 spiro atoms. The van der Waals surface area contributed by atoms with Crippen LogP contribution in [-0.4, -0.2) is 92.6 Å². The summed E-state index contributed by atoms with van der Waals surface area (Å²) in [6.45, 7) is 5.90. The number of fused-ring (bicyclic) bond motifs is 3. The molecule has 1 aromatic rings. The number of Topliss-reactive ketones (excluding diaryl/α,β-unsaturated/α-hetero) is 2. The third-order valence-corrected chi connectivity index (χ3v) is 8.92. The van der Waals surface area contributed by atoms with Crippen molar-refractivity contribution in [2.24, 2.45) is 17.6 Å². The Morgan fingerprint density at radius 3 is 2.44 bits per heavy atom. The van der Waals surface area contributed by atoms with Crippen molar-refractivity contribution in [2.45, 2.75) is 50.8 Å². The van der Waals surface area contributed by atoms with E-state index in [9.17, 15) is 34.8 Å². The first-order chi connectivity index (χ1) is 18.3. The fourth-order valence-corrected chi connectivity index (χ4v) is 6.95. The molecule has 1 heterocycles. The minimum absolute atomic E-state index is 0.0421. The van der Waals surface area contributed by atoms with Crippen LogP contribution in [0.3, 0.4) is 0 Å². The van der Waals surface area contributed by atoms with Gasteiger partial charge in [0.15, 0.2) is 11.4 Å². The second-order valence-corrected chi connectivity index (χ2v) is 11.5. The van der Waals surface area contributed by atoms with Crippen LogP contribution in [0.25, 0.3) is 5.57 Å². The van der Waals surface area contributed by atoms with Crippen molar-refractivity contribution < 1.29 is 34.8 Å². The maximum atomic E-state index is 13.9. The van der Waals surface area contributed by atoms with E-state index in [0.29, 0.717) is 11.6 Å². The predicted octanol–water partition coefficient (Wildman–Crippen LogP) is 1.62. The Labute approximate surface area is 226 Å². The number of aliphatic hydroxyl groups is 3. The van der Waals surface area contributed by atoms with Crippen molar-refractivity contribution in [2.75, 3.05) is 27.2 Å². The van der Waals surface area contributed by atoms with Crippen molar-refractivity contribution in [1.29, 1.82) is 0 Å². The molecule has 0 aromatic heterocycles. The molecule has 0 saturated heterocycles. The van der Waals surface area contributed by atoms with Gasteiger partial charge in [0.2, 0.25) is 5.78 Å². The molecule has 39 heavy (non-hydrogen) atoms. The van der Waals surface area contributed by atoms with Crippen LogP contribution in [0.2, 0.25) is 0 Å². The van der Waals surface area contributed by atoms with Crippen LogP contribution >= 0.6 is 0 Å². The molecule has 208 valence electrons. The monoisotopic (exact) mass is 537 g/mol. The Morgan fingerprint density at radius 2 is 1.87 bits per heavy atom. The van der Waals surface area contributed by atoms with Crippen molar-refractivity contribution in [3.63, 3.8) is 0 Å². The normalized spacial score (nSPS) is 29.4. The van der Waals surface area contributed by atoms with Gasteiger partial charge >= 0.3 is 0 Å². The Bertz CT molecular complexity index is 1390. The van der Waals surface area contributed by atoms with Crippen LogP contribution in [0.15, 0.2) is 40.9 Å². The molecule has 6 N–H and O–H groups in total. The number of hydrogen-bond donors (Lipinski definition) is 5. The van der Waals surface area contributed by atoms with Crippen molar-refractivity contribution in [3.8, 4) is 5.75 Å². The molecule has 0 bridgehead atoms. The highest BCUT2D eigenvalue weighted by molar-refractivity contribution is 6.24. The zero-order chi connectivity index (χ0) is 28.5. The number of primary amides is 1. The summed E-state index contributed by atoms with van der Waals surface area (Å²) in [6, 6.07) is 2.66. The van der Waals surface area contributed by atoms with Gasteiger partial charge in [-0.05, 0) is 75.9 Å². The van der Waals surface area contributed by atoms with Crippen molar-refractivity contribution in [1.82, 2.24) is 9.80 Å².